The monoisotopic (exact) mass is 927 g/mol. The maximum atomic E-state index is 13.3. The Balaban J connectivity index is 1.30. The van der Waals surface area contributed by atoms with Gasteiger partial charge in [-0.05, 0) is 69.5 Å². The SMILES string of the molecule is [2H]OCC(COCCCNC(=O)CCC/C(C)=N/OCCN(CC)c1ccc(N=Nc2ccc([N+](=O)[O-])c3ccccc23)cc1)OP(=O)(OCCC#N)OCCCOC(=O)CCC(=O)NC. The molecule has 0 aliphatic rings. The van der Waals surface area contributed by atoms with Crippen molar-refractivity contribution in [2.24, 2.45) is 15.4 Å². The van der Waals surface area contributed by atoms with E-state index in [0.29, 0.717) is 61.1 Å². The first-order valence-corrected chi connectivity index (χ1v) is 22.7. The molecule has 0 spiro atoms. The molecule has 0 aromatic heterocycles. The van der Waals surface area contributed by atoms with Crippen molar-refractivity contribution >= 4 is 64.8 Å². The number of likely N-dealkylation sites (N-methyl/N-ethyl adjacent to an activating group) is 1. The number of non-ortho nitro benzene ring substituents is 1. The van der Waals surface area contributed by atoms with Crippen molar-refractivity contribution in [3.05, 3.63) is 70.8 Å². The van der Waals surface area contributed by atoms with Gasteiger partial charge in [-0.15, -0.1) is 5.11 Å². The first-order chi connectivity index (χ1) is 31.9. The fourth-order valence-corrected chi connectivity index (χ4v) is 7.17. The summed E-state index contributed by atoms with van der Waals surface area (Å²) < 4.78 is 47.2. The van der Waals surface area contributed by atoms with E-state index in [0.717, 1.165) is 17.9 Å². The number of nitro groups is 1. The minimum absolute atomic E-state index is 0.0131. The minimum Gasteiger partial charge on any atom is -0.466 e. The summed E-state index contributed by atoms with van der Waals surface area (Å²) in [6.45, 7) is 5.08. The van der Waals surface area contributed by atoms with Gasteiger partial charge in [0.25, 0.3) is 5.69 Å². The highest BCUT2D eigenvalue weighted by atomic mass is 31.2. The van der Waals surface area contributed by atoms with Crippen molar-refractivity contribution in [3.63, 3.8) is 0 Å². The number of oxime groups is 1. The zero-order valence-electron chi connectivity index (χ0n) is 38.0. The Bertz CT molecular complexity index is 2140. The van der Waals surface area contributed by atoms with Gasteiger partial charge in [-0.2, -0.15) is 10.4 Å². The minimum atomic E-state index is -4.24. The average Bonchev–Trinajstić information content (AvgIpc) is 3.31. The lowest BCUT2D eigenvalue weighted by Crippen LogP contribution is -2.27. The first-order valence-electron chi connectivity index (χ1n) is 21.6. The third-order valence-electron chi connectivity index (χ3n) is 9.21. The fourth-order valence-electron chi connectivity index (χ4n) is 5.81. The lowest BCUT2D eigenvalue weighted by Gasteiger charge is -2.22. The van der Waals surface area contributed by atoms with Gasteiger partial charge in [0.2, 0.25) is 13.2 Å². The molecule has 0 saturated carbocycles. The number of esters is 1. The Labute approximate surface area is 379 Å². The number of rotatable bonds is 34. The number of azo groups is 1. The second-order valence-corrected chi connectivity index (χ2v) is 15.8. The Hall–Kier alpha value is -5.88. The number of nitriles is 1. The summed E-state index contributed by atoms with van der Waals surface area (Å²) in [5.41, 5.74) is 2.90. The molecule has 3 N–H and O–H groups in total. The van der Waals surface area contributed by atoms with Crippen LogP contribution >= 0.6 is 7.82 Å². The van der Waals surface area contributed by atoms with Gasteiger partial charge in [0, 0.05) is 63.1 Å². The molecule has 2 amide bonds. The molecule has 21 nitrogen and oxygen atoms in total. The number of nitrogens with one attached hydrogen (secondary N) is 2. The van der Waals surface area contributed by atoms with Crippen molar-refractivity contribution in [3.8, 4) is 6.07 Å². The molecule has 65 heavy (non-hydrogen) atoms. The van der Waals surface area contributed by atoms with E-state index in [2.05, 4.69) is 36.0 Å². The van der Waals surface area contributed by atoms with Crippen LogP contribution in [0.1, 0.15) is 65.2 Å². The number of benzene rings is 3. The van der Waals surface area contributed by atoms with Crippen LogP contribution < -0.4 is 15.5 Å². The summed E-state index contributed by atoms with van der Waals surface area (Å²) in [6.07, 6.45) is 0.785. The van der Waals surface area contributed by atoms with E-state index in [1.807, 2.05) is 44.2 Å². The van der Waals surface area contributed by atoms with Crippen LogP contribution in [-0.4, -0.2) is 114 Å². The van der Waals surface area contributed by atoms with E-state index in [1.54, 1.807) is 30.3 Å². The van der Waals surface area contributed by atoms with Crippen LogP contribution in [0.4, 0.5) is 22.7 Å². The molecule has 0 radical (unpaired) electrons. The van der Waals surface area contributed by atoms with Crippen LogP contribution in [0, 0.1) is 21.4 Å². The zero-order chi connectivity index (χ0) is 48.0. The van der Waals surface area contributed by atoms with Crippen molar-refractivity contribution in [1.82, 2.24) is 10.6 Å². The molecule has 2 atom stereocenters. The van der Waals surface area contributed by atoms with Gasteiger partial charge >= 0.3 is 13.8 Å². The summed E-state index contributed by atoms with van der Waals surface area (Å²) >= 11 is 0. The number of aliphatic hydroxyl groups excluding tert-OH is 1. The van der Waals surface area contributed by atoms with Crippen molar-refractivity contribution in [2.75, 3.05) is 77.8 Å². The largest absolute Gasteiger partial charge is 0.475 e. The number of phosphoric acid groups is 1. The molecule has 3 aromatic rings. The molecule has 0 bridgehead atoms. The number of ether oxygens (including phenoxy) is 2. The predicted octanol–water partition coefficient (Wildman–Crippen LogP) is 6.97. The molecule has 0 aliphatic heterocycles. The Morgan fingerprint density at radius 3 is 2.43 bits per heavy atom. The smallest absolute Gasteiger partial charge is 0.466 e. The first kappa shape index (κ1) is 51.8. The normalized spacial score (nSPS) is 13.1. The molecule has 0 fully saturated rings. The molecule has 2 unspecified atom stereocenters. The number of hydrogen-bond acceptors (Lipinski definition) is 18. The predicted molar refractivity (Wildman–Crippen MR) is 241 cm³/mol. The van der Waals surface area contributed by atoms with Crippen LogP contribution in [0.2, 0.25) is 0 Å². The number of amides is 2. The van der Waals surface area contributed by atoms with Crippen molar-refractivity contribution < 1.29 is 56.9 Å². The highest BCUT2D eigenvalue weighted by Gasteiger charge is 2.31. The average molecular weight is 928 g/mol. The summed E-state index contributed by atoms with van der Waals surface area (Å²) in [5.74, 6) is -1.01. The van der Waals surface area contributed by atoms with E-state index < -0.39 is 24.8 Å². The van der Waals surface area contributed by atoms with E-state index in [-0.39, 0.29) is 89.2 Å². The third-order valence-corrected chi connectivity index (χ3v) is 10.8. The topological polar surface area (TPSA) is 275 Å². The van der Waals surface area contributed by atoms with Gasteiger partial charge in [-0.1, -0.05) is 23.4 Å². The lowest BCUT2D eigenvalue weighted by atomic mass is 10.1. The van der Waals surface area contributed by atoms with Crippen LogP contribution in [0.5, 0.6) is 0 Å². The van der Waals surface area contributed by atoms with Gasteiger partial charge in [0.05, 0.1) is 85.9 Å². The van der Waals surface area contributed by atoms with Gasteiger partial charge < -0.3 is 35.0 Å². The Morgan fingerprint density at radius 2 is 1.71 bits per heavy atom. The van der Waals surface area contributed by atoms with E-state index in [4.69, 9.17) is 34.6 Å². The zero-order valence-corrected chi connectivity index (χ0v) is 37.9. The third kappa shape index (κ3) is 20.7. The Kier molecular flexibility index (Phi) is 24.1. The summed E-state index contributed by atoms with van der Waals surface area (Å²) in [7, 11) is -2.78. The van der Waals surface area contributed by atoms with Crippen LogP contribution in [0.25, 0.3) is 10.8 Å². The van der Waals surface area contributed by atoms with Crippen LogP contribution in [-0.2, 0) is 46.8 Å². The fraction of sp³-hybridized carbons (Fsp3) is 0.512. The standard InChI is InChI=1S/C43H59N8O13P/c1-4-50(35-17-15-34(16-18-35)47-48-39-19-20-40(51(56)57)38-13-6-5-12-37(38)39)25-30-61-49-33(2)11-7-14-42(54)46-24-9-26-59-32-36(31-52)64-65(58,62-28-8-23-44)63-29-10-27-60-43(55)22-21-41(53)45-3/h5-6,12-13,15-20,36,52H,4,7-11,14,21-22,24-32H2,1-3H3,(H,45,53)(H,46,54)/b48-47?,49-33+/i52D. The van der Waals surface area contributed by atoms with Gasteiger partial charge in [-0.3, -0.25) is 38.1 Å². The lowest BCUT2D eigenvalue weighted by molar-refractivity contribution is -0.383. The number of nitrogens with zero attached hydrogens (tertiary/aromatic N) is 6. The van der Waals surface area contributed by atoms with E-state index in [1.165, 1.54) is 13.1 Å². The highest BCUT2D eigenvalue weighted by molar-refractivity contribution is 7.48. The quantitative estimate of drug-likeness (QED) is 0.0104. The summed E-state index contributed by atoms with van der Waals surface area (Å²) in [5, 5.41) is 44.0. The second kappa shape index (κ2) is 30.3. The van der Waals surface area contributed by atoms with E-state index >= 15 is 0 Å². The molecule has 0 aliphatic carbocycles. The maximum Gasteiger partial charge on any atom is 0.475 e. The van der Waals surface area contributed by atoms with Gasteiger partial charge in [0.1, 0.15) is 12.7 Å². The molecule has 3 rings (SSSR count). The second-order valence-electron chi connectivity index (χ2n) is 14.2. The van der Waals surface area contributed by atoms with Crippen molar-refractivity contribution in [1.29, 1.82) is 6.69 Å². The molecule has 0 saturated heterocycles. The number of phosphoric ester groups is 1. The number of carbonyl (C=O) groups is 3. The molecule has 3 aromatic carbocycles. The number of fused-ring (bicyclic) bond motifs is 1. The summed E-state index contributed by atoms with van der Waals surface area (Å²) in [4.78, 5) is 54.2. The number of nitro benzene ring substituents is 1. The summed E-state index contributed by atoms with van der Waals surface area (Å²) in [6, 6.07) is 19.5. The van der Waals surface area contributed by atoms with E-state index in [9.17, 15) is 29.1 Å². The van der Waals surface area contributed by atoms with Crippen molar-refractivity contribution in [2.45, 2.75) is 71.3 Å². The van der Waals surface area contributed by atoms with Crippen LogP contribution in [0.3, 0.4) is 0 Å². The highest BCUT2D eigenvalue weighted by Crippen LogP contribution is 2.50. The van der Waals surface area contributed by atoms with Gasteiger partial charge in [-0.25, -0.2) is 4.57 Å². The number of hydrogen-bond donors (Lipinski definition) is 3. The number of carbonyl (C=O) groups excluding carboxylic acids is 3. The molecule has 0 heterocycles. The molecule has 354 valence electrons. The number of anilines is 1. The molecule has 22 heteroatoms. The Morgan fingerprint density at radius 1 is 0.938 bits per heavy atom. The molecular weight excluding hydrogens is 867 g/mol. The number of aliphatic hydroxyl groups is 1. The van der Waals surface area contributed by atoms with Gasteiger partial charge in [0.15, 0.2) is 0 Å². The molecular formula is C43H59N8O13P. The van der Waals surface area contributed by atoms with Crippen LogP contribution in [0.15, 0.2) is 76.0 Å². The maximum absolute atomic E-state index is 13.3.